The van der Waals surface area contributed by atoms with E-state index in [2.05, 4.69) is 17.6 Å². The molecule has 0 aromatic rings. The standard InChI is InChI=1S/C10H18N2OS/c1-10(5-2-6-13-7-10)12-9(14)11-8-3-4-8/h8H,2-7H2,1H3,(H2,11,12,14). The molecule has 80 valence electrons. The number of ether oxygens (including phenoxy) is 1. The van der Waals surface area contributed by atoms with Gasteiger partial charge in [-0.05, 0) is 44.8 Å². The Morgan fingerprint density at radius 1 is 1.50 bits per heavy atom. The average Bonchev–Trinajstić information content (AvgIpc) is 2.88. The number of nitrogens with one attached hydrogen (secondary N) is 2. The SMILES string of the molecule is CC1(NC(=S)NC2CC2)CCCOC1. The van der Waals surface area contributed by atoms with Crippen LogP contribution in [0.5, 0.6) is 0 Å². The normalized spacial score (nSPS) is 32.4. The maximum atomic E-state index is 5.46. The fraction of sp³-hybridized carbons (Fsp3) is 0.900. The number of thiocarbonyl (C=S) groups is 1. The van der Waals surface area contributed by atoms with Crippen LogP contribution >= 0.6 is 12.2 Å². The van der Waals surface area contributed by atoms with E-state index in [-0.39, 0.29) is 5.54 Å². The molecule has 14 heavy (non-hydrogen) atoms. The van der Waals surface area contributed by atoms with Crippen molar-refractivity contribution in [1.82, 2.24) is 10.6 Å². The minimum absolute atomic E-state index is 0.0389. The van der Waals surface area contributed by atoms with Gasteiger partial charge in [0.15, 0.2) is 5.11 Å². The summed E-state index contributed by atoms with van der Waals surface area (Å²) < 4.78 is 5.46. The lowest BCUT2D eigenvalue weighted by Gasteiger charge is -2.35. The summed E-state index contributed by atoms with van der Waals surface area (Å²) in [6.45, 7) is 3.83. The smallest absolute Gasteiger partial charge is 0.167 e. The van der Waals surface area contributed by atoms with E-state index in [1.165, 1.54) is 12.8 Å². The van der Waals surface area contributed by atoms with Crippen molar-refractivity contribution >= 4 is 17.3 Å². The molecule has 4 heteroatoms. The minimum Gasteiger partial charge on any atom is -0.379 e. The summed E-state index contributed by atoms with van der Waals surface area (Å²) in [5.41, 5.74) is 0.0389. The molecule has 0 aromatic carbocycles. The second-order valence-electron chi connectivity index (χ2n) is 4.59. The van der Waals surface area contributed by atoms with Crippen LogP contribution in [0.3, 0.4) is 0 Å². The van der Waals surface area contributed by atoms with E-state index in [4.69, 9.17) is 17.0 Å². The van der Waals surface area contributed by atoms with Gasteiger partial charge in [0.25, 0.3) is 0 Å². The van der Waals surface area contributed by atoms with Gasteiger partial charge in [-0.3, -0.25) is 0 Å². The van der Waals surface area contributed by atoms with Gasteiger partial charge in [-0.15, -0.1) is 0 Å². The molecule has 0 radical (unpaired) electrons. The zero-order valence-electron chi connectivity index (χ0n) is 8.64. The Hall–Kier alpha value is -0.350. The molecule has 1 aliphatic carbocycles. The van der Waals surface area contributed by atoms with Crippen LogP contribution in [0.25, 0.3) is 0 Å². The van der Waals surface area contributed by atoms with E-state index < -0.39 is 0 Å². The molecule has 2 N–H and O–H groups in total. The zero-order chi connectivity index (χ0) is 10.0. The number of rotatable bonds is 2. The van der Waals surface area contributed by atoms with E-state index in [0.29, 0.717) is 6.04 Å². The topological polar surface area (TPSA) is 33.3 Å². The first-order valence-corrected chi connectivity index (χ1v) is 5.75. The van der Waals surface area contributed by atoms with Gasteiger partial charge in [0.1, 0.15) is 0 Å². The van der Waals surface area contributed by atoms with Gasteiger partial charge >= 0.3 is 0 Å². The number of hydrogen-bond donors (Lipinski definition) is 2. The highest BCUT2D eigenvalue weighted by Crippen LogP contribution is 2.20. The third-order valence-corrected chi connectivity index (χ3v) is 2.99. The van der Waals surface area contributed by atoms with E-state index >= 15 is 0 Å². The van der Waals surface area contributed by atoms with E-state index in [0.717, 1.165) is 31.2 Å². The first-order valence-electron chi connectivity index (χ1n) is 5.34. The van der Waals surface area contributed by atoms with Gasteiger partial charge in [-0.25, -0.2) is 0 Å². The Labute approximate surface area is 90.6 Å². The van der Waals surface area contributed by atoms with Crippen molar-refractivity contribution in [3.05, 3.63) is 0 Å². The highest BCUT2D eigenvalue weighted by Gasteiger charge is 2.29. The second kappa shape index (κ2) is 4.03. The Morgan fingerprint density at radius 3 is 2.86 bits per heavy atom. The quantitative estimate of drug-likeness (QED) is 0.676. The first kappa shape index (κ1) is 10.2. The van der Waals surface area contributed by atoms with Crippen LogP contribution in [0.2, 0.25) is 0 Å². The molecule has 3 nitrogen and oxygen atoms in total. The van der Waals surface area contributed by atoms with Crippen molar-refractivity contribution < 1.29 is 4.74 Å². The van der Waals surface area contributed by atoms with Crippen molar-refractivity contribution in [1.29, 1.82) is 0 Å². The van der Waals surface area contributed by atoms with Gasteiger partial charge < -0.3 is 15.4 Å². The predicted octanol–water partition coefficient (Wildman–Crippen LogP) is 1.18. The molecule has 1 heterocycles. The minimum atomic E-state index is 0.0389. The lowest BCUT2D eigenvalue weighted by Crippen LogP contribution is -2.54. The summed E-state index contributed by atoms with van der Waals surface area (Å²) >= 11 is 5.25. The van der Waals surface area contributed by atoms with Crippen molar-refractivity contribution in [2.24, 2.45) is 0 Å². The summed E-state index contributed by atoms with van der Waals surface area (Å²) in [5, 5.41) is 7.45. The van der Waals surface area contributed by atoms with E-state index in [1.807, 2.05) is 0 Å². The van der Waals surface area contributed by atoms with E-state index in [1.54, 1.807) is 0 Å². The Kier molecular flexibility index (Phi) is 2.93. The summed E-state index contributed by atoms with van der Waals surface area (Å²) in [6, 6.07) is 0.628. The molecule has 2 rings (SSSR count). The van der Waals surface area contributed by atoms with Gasteiger partial charge in [0, 0.05) is 12.6 Å². The molecular weight excluding hydrogens is 196 g/mol. The molecule has 0 aromatic heterocycles. The lowest BCUT2D eigenvalue weighted by molar-refractivity contribution is 0.0370. The van der Waals surface area contributed by atoms with Crippen LogP contribution in [-0.2, 0) is 4.74 Å². The molecule has 0 spiro atoms. The fourth-order valence-electron chi connectivity index (χ4n) is 1.76. The van der Waals surface area contributed by atoms with Crippen LogP contribution in [0.4, 0.5) is 0 Å². The molecule has 2 fully saturated rings. The van der Waals surface area contributed by atoms with Gasteiger partial charge in [-0.2, -0.15) is 0 Å². The van der Waals surface area contributed by atoms with Crippen molar-refractivity contribution in [3.63, 3.8) is 0 Å². The van der Waals surface area contributed by atoms with Crippen LogP contribution in [0.1, 0.15) is 32.6 Å². The van der Waals surface area contributed by atoms with Crippen molar-refractivity contribution in [3.8, 4) is 0 Å². The van der Waals surface area contributed by atoms with Crippen molar-refractivity contribution in [2.75, 3.05) is 13.2 Å². The summed E-state index contributed by atoms with van der Waals surface area (Å²) in [4.78, 5) is 0. The maximum Gasteiger partial charge on any atom is 0.167 e. The molecule has 1 unspecified atom stereocenters. The summed E-state index contributed by atoms with van der Waals surface area (Å²) in [5.74, 6) is 0. The molecule has 1 saturated carbocycles. The molecule has 2 aliphatic rings. The van der Waals surface area contributed by atoms with Crippen molar-refractivity contribution in [2.45, 2.75) is 44.2 Å². The largest absolute Gasteiger partial charge is 0.379 e. The summed E-state index contributed by atoms with van der Waals surface area (Å²) in [6.07, 6.45) is 4.78. The van der Waals surface area contributed by atoms with Gasteiger partial charge in [-0.1, -0.05) is 0 Å². The third kappa shape index (κ3) is 2.82. The predicted molar refractivity (Wildman–Crippen MR) is 60.3 cm³/mol. The van der Waals surface area contributed by atoms with Gasteiger partial charge in [0.05, 0.1) is 12.1 Å². The molecule has 0 bridgehead atoms. The Morgan fingerprint density at radius 2 is 2.29 bits per heavy atom. The third-order valence-electron chi connectivity index (χ3n) is 2.77. The molecule has 1 aliphatic heterocycles. The fourth-order valence-corrected chi connectivity index (χ4v) is 2.17. The summed E-state index contributed by atoms with van der Waals surface area (Å²) in [7, 11) is 0. The van der Waals surface area contributed by atoms with Gasteiger partial charge in [0.2, 0.25) is 0 Å². The molecule has 1 saturated heterocycles. The lowest BCUT2D eigenvalue weighted by atomic mass is 9.95. The Bertz CT molecular complexity index is 222. The van der Waals surface area contributed by atoms with Crippen LogP contribution in [-0.4, -0.2) is 29.9 Å². The maximum absolute atomic E-state index is 5.46. The molecule has 0 amide bonds. The number of hydrogen-bond acceptors (Lipinski definition) is 2. The molecule has 1 atom stereocenters. The first-order chi connectivity index (χ1) is 6.68. The monoisotopic (exact) mass is 214 g/mol. The second-order valence-corrected chi connectivity index (χ2v) is 5.00. The highest BCUT2D eigenvalue weighted by molar-refractivity contribution is 7.80. The van der Waals surface area contributed by atoms with Crippen LogP contribution < -0.4 is 10.6 Å². The highest BCUT2D eigenvalue weighted by atomic mass is 32.1. The van der Waals surface area contributed by atoms with E-state index in [9.17, 15) is 0 Å². The Balaban J connectivity index is 1.78. The molecular formula is C10H18N2OS. The average molecular weight is 214 g/mol. The van der Waals surface area contributed by atoms with Crippen LogP contribution in [0.15, 0.2) is 0 Å². The van der Waals surface area contributed by atoms with Crippen LogP contribution in [0, 0.1) is 0 Å². The zero-order valence-corrected chi connectivity index (χ0v) is 9.45.